The van der Waals surface area contributed by atoms with Gasteiger partial charge in [-0.25, -0.2) is 0 Å². The van der Waals surface area contributed by atoms with Crippen LogP contribution in [-0.4, -0.2) is 12.4 Å². The summed E-state index contributed by atoms with van der Waals surface area (Å²) in [6, 6.07) is 8.99. The molecule has 2 aromatic carbocycles. The normalized spacial score (nSPS) is 12.9. The van der Waals surface area contributed by atoms with Gasteiger partial charge in [0.05, 0.1) is 12.2 Å². The highest BCUT2D eigenvalue weighted by atomic mass is 79.9. The Balaban J connectivity index is 2.14. The lowest BCUT2D eigenvalue weighted by Crippen LogP contribution is -2.05. The Morgan fingerprint density at radius 3 is 2.75 bits per heavy atom. The first-order valence-corrected chi connectivity index (χ1v) is 7.70. The van der Waals surface area contributed by atoms with Crippen LogP contribution in [0.3, 0.4) is 0 Å². The number of fused-ring (bicyclic) bond motifs is 1. The molecule has 0 spiro atoms. The van der Waals surface area contributed by atoms with Gasteiger partial charge in [-0.2, -0.15) is 0 Å². The van der Waals surface area contributed by atoms with E-state index in [1.807, 2.05) is 6.07 Å². The average molecular weight is 397 g/mol. The topological polar surface area (TPSA) is 52.3 Å². The molecule has 0 unspecified atom stereocenters. The Labute approximate surface area is 133 Å². The predicted octanol–water partition coefficient (Wildman–Crippen LogP) is 3.96. The quantitative estimate of drug-likeness (QED) is 0.617. The van der Waals surface area contributed by atoms with E-state index >= 15 is 0 Å². The van der Waals surface area contributed by atoms with Gasteiger partial charge in [-0.15, -0.1) is 0 Å². The van der Waals surface area contributed by atoms with Gasteiger partial charge in [0.25, 0.3) is 0 Å². The fourth-order valence-electron chi connectivity index (χ4n) is 2.30. The van der Waals surface area contributed by atoms with Crippen LogP contribution >= 0.6 is 31.9 Å². The van der Waals surface area contributed by atoms with E-state index in [-0.39, 0.29) is 5.78 Å². The number of ether oxygens (including phenoxy) is 1. The van der Waals surface area contributed by atoms with E-state index in [1.54, 1.807) is 24.3 Å². The summed E-state index contributed by atoms with van der Waals surface area (Å²) < 4.78 is 7.21. The van der Waals surface area contributed by atoms with Gasteiger partial charge in [-0.3, -0.25) is 4.79 Å². The molecular weight excluding hydrogens is 386 g/mol. The van der Waals surface area contributed by atoms with Crippen molar-refractivity contribution in [2.75, 3.05) is 12.3 Å². The van der Waals surface area contributed by atoms with Crippen LogP contribution in [0, 0.1) is 0 Å². The molecule has 0 saturated heterocycles. The largest absolute Gasteiger partial charge is 0.492 e. The molecule has 1 heterocycles. The zero-order valence-corrected chi connectivity index (χ0v) is 13.6. The Hall–Kier alpha value is -1.33. The molecule has 2 N–H and O–H groups in total. The third kappa shape index (κ3) is 2.36. The number of benzene rings is 2. The standard InChI is InChI=1S/C15H11Br2NO2/c16-9-5-8-3-4-20-15(8)12(6-9)14(19)11-7-10(18)1-2-13(11)17/h1-2,5-7H,3-4,18H2. The SMILES string of the molecule is Nc1ccc(Br)c(C(=O)c2cc(Br)cc3c2OCC3)c1. The summed E-state index contributed by atoms with van der Waals surface area (Å²) in [6.45, 7) is 0.615. The van der Waals surface area contributed by atoms with Crippen LogP contribution < -0.4 is 10.5 Å². The minimum absolute atomic E-state index is 0.0939. The number of hydrogen-bond acceptors (Lipinski definition) is 3. The van der Waals surface area contributed by atoms with Crippen molar-refractivity contribution in [1.82, 2.24) is 0 Å². The third-order valence-corrected chi connectivity index (χ3v) is 4.38. The van der Waals surface area contributed by atoms with Gasteiger partial charge in [-0.05, 0) is 35.9 Å². The van der Waals surface area contributed by atoms with Gasteiger partial charge in [0.1, 0.15) is 5.75 Å². The maximum Gasteiger partial charge on any atom is 0.198 e. The second kappa shape index (κ2) is 5.22. The number of hydrogen-bond donors (Lipinski definition) is 1. The minimum atomic E-state index is -0.0939. The summed E-state index contributed by atoms with van der Waals surface area (Å²) in [7, 11) is 0. The van der Waals surface area contributed by atoms with Crippen LogP contribution in [0.1, 0.15) is 21.5 Å². The second-order valence-electron chi connectivity index (χ2n) is 4.61. The number of carbonyl (C=O) groups excluding carboxylic acids is 1. The van der Waals surface area contributed by atoms with Gasteiger partial charge in [0, 0.05) is 26.6 Å². The Kier molecular flexibility index (Phi) is 3.56. The third-order valence-electron chi connectivity index (χ3n) is 3.23. The van der Waals surface area contributed by atoms with E-state index in [4.69, 9.17) is 10.5 Å². The molecule has 0 aromatic heterocycles. The number of rotatable bonds is 2. The fraction of sp³-hybridized carbons (Fsp3) is 0.133. The highest BCUT2D eigenvalue weighted by molar-refractivity contribution is 9.10. The first-order valence-electron chi connectivity index (χ1n) is 6.11. The van der Waals surface area contributed by atoms with Gasteiger partial charge in [-0.1, -0.05) is 31.9 Å². The maximum absolute atomic E-state index is 12.7. The number of halogens is 2. The van der Waals surface area contributed by atoms with Crippen molar-refractivity contribution in [2.24, 2.45) is 0 Å². The fourth-order valence-corrected chi connectivity index (χ4v) is 3.23. The molecule has 0 fully saturated rings. The van der Waals surface area contributed by atoms with Crippen molar-refractivity contribution in [2.45, 2.75) is 6.42 Å². The molecule has 5 heteroatoms. The molecule has 0 radical (unpaired) electrons. The summed E-state index contributed by atoms with van der Waals surface area (Å²) in [4.78, 5) is 12.7. The molecule has 0 aliphatic carbocycles. The van der Waals surface area contributed by atoms with Crippen LogP contribution in [0.2, 0.25) is 0 Å². The molecule has 102 valence electrons. The molecular formula is C15H11Br2NO2. The monoisotopic (exact) mass is 395 g/mol. The summed E-state index contributed by atoms with van der Waals surface area (Å²) in [5.74, 6) is 0.594. The van der Waals surface area contributed by atoms with Gasteiger partial charge < -0.3 is 10.5 Å². The van der Waals surface area contributed by atoms with Crippen molar-refractivity contribution in [1.29, 1.82) is 0 Å². The van der Waals surface area contributed by atoms with E-state index in [0.29, 0.717) is 29.2 Å². The van der Waals surface area contributed by atoms with Crippen LogP contribution in [0.15, 0.2) is 39.3 Å². The molecule has 3 rings (SSSR count). The molecule has 0 amide bonds. The zero-order chi connectivity index (χ0) is 14.3. The van der Waals surface area contributed by atoms with Crippen molar-refractivity contribution < 1.29 is 9.53 Å². The number of nitrogen functional groups attached to an aromatic ring is 1. The number of ketones is 1. The van der Waals surface area contributed by atoms with E-state index in [1.165, 1.54) is 0 Å². The molecule has 3 nitrogen and oxygen atoms in total. The molecule has 20 heavy (non-hydrogen) atoms. The maximum atomic E-state index is 12.7. The van der Waals surface area contributed by atoms with Crippen LogP contribution in [0.25, 0.3) is 0 Å². The lowest BCUT2D eigenvalue weighted by Gasteiger charge is -2.10. The first-order chi connectivity index (χ1) is 9.56. The highest BCUT2D eigenvalue weighted by Gasteiger charge is 2.24. The van der Waals surface area contributed by atoms with E-state index < -0.39 is 0 Å². The number of anilines is 1. The van der Waals surface area contributed by atoms with Crippen LogP contribution in [0.4, 0.5) is 5.69 Å². The Morgan fingerprint density at radius 2 is 1.95 bits per heavy atom. The van der Waals surface area contributed by atoms with Crippen LogP contribution in [0.5, 0.6) is 5.75 Å². The Bertz CT molecular complexity index is 713. The minimum Gasteiger partial charge on any atom is -0.492 e. The van der Waals surface area contributed by atoms with Gasteiger partial charge in [0.2, 0.25) is 0 Å². The van der Waals surface area contributed by atoms with Crippen molar-refractivity contribution in [3.63, 3.8) is 0 Å². The number of nitrogens with two attached hydrogens (primary N) is 1. The molecule has 0 bridgehead atoms. The van der Waals surface area contributed by atoms with Gasteiger partial charge >= 0.3 is 0 Å². The molecule has 1 aliphatic rings. The molecule has 1 aliphatic heterocycles. The summed E-state index contributed by atoms with van der Waals surface area (Å²) >= 11 is 6.84. The first kappa shape index (κ1) is 13.6. The highest BCUT2D eigenvalue weighted by Crippen LogP contribution is 2.35. The number of carbonyl (C=O) groups is 1. The average Bonchev–Trinajstić information content (AvgIpc) is 2.87. The second-order valence-corrected chi connectivity index (χ2v) is 6.38. The summed E-state index contributed by atoms with van der Waals surface area (Å²) in [6.07, 6.45) is 0.827. The van der Waals surface area contributed by atoms with Crippen molar-refractivity contribution in [3.05, 3.63) is 56.0 Å². The predicted molar refractivity (Wildman–Crippen MR) is 85.3 cm³/mol. The summed E-state index contributed by atoms with van der Waals surface area (Å²) in [5.41, 5.74) is 8.50. The smallest absolute Gasteiger partial charge is 0.198 e. The molecule has 2 aromatic rings. The lowest BCUT2D eigenvalue weighted by atomic mass is 9.99. The zero-order valence-electron chi connectivity index (χ0n) is 10.5. The molecule has 0 atom stereocenters. The van der Waals surface area contributed by atoms with E-state index in [0.717, 1.165) is 20.9 Å². The van der Waals surface area contributed by atoms with Crippen molar-refractivity contribution >= 4 is 43.3 Å². The van der Waals surface area contributed by atoms with E-state index in [9.17, 15) is 4.79 Å². The Morgan fingerprint density at radius 1 is 1.15 bits per heavy atom. The van der Waals surface area contributed by atoms with Crippen molar-refractivity contribution in [3.8, 4) is 5.75 Å². The van der Waals surface area contributed by atoms with Gasteiger partial charge in [0.15, 0.2) is 5.78 Å². The molecule has 0 saturated carbocycles. The van der Waals surface area contributed by atoms with Crippen LogP contribution in [-0.2, 0) is 6.42 Å². The lowest BCUT2D eigenvalue weighted by molar-refractivity contribution is 0.103. The van der Waals surface area contributed by atoms with E-state index in [2.05, 4.69) is 31.9 Å². The summed E-state index contributed by atoms with van der Waals surface area (Å²) in [5, 5.41) is 0.